The van der Waals surface area contributed by atoms with Gasteiger partial charge in [0.1, 0.15) is 17.0 Å². The Kier molecular flexibility index (Phi) is 7.13. The number of benzene rings is 4. The van der Waals surface area contributed by atoms with Crippen LogP contribution in [0, 0.1) is 6.92 Å². The third kappa shape index (κ3) is 4.50. The first kappa shape index (κ1) is 28.0. The van der Waals surface area contributed by atoms with Crippen LogP contribution in [-0.4, -0.2) is 50.5 Å². The molecule has 0 aromatic heterocycles. The molecule has 0 saturated heterocycles. The standard InChI is InChI=1S/C35H36N6O2/c1-6-40(7-2)31-22-33-30(20-23(31)3)35(29-17-12-24(36)21-32(29)43-33)28-11-9-8-10-27(28)34(42)41(35)38-19-18-37-25-13-15-26(16-14-25)39(4)5/h8-22H,6-7,36H2,1-5H3/b37-18+,38-19+. The van der Waals surface area contributed by atoms with Crippen molar-refractivity contribution < 1.29 is 9.53 Å². The molecule has 43 heavy (non-hydrogen) atoms. The largest absolute Gasteiger partial charge is 0.456 e. The number of aliphatic imine (C=N–C) groups is 1. The maximum atomic E-state index is 14.2. The molecule has 0 fully saturated rings. The molecule has 4 aromatic carbocycles. The van der Waals surface area contributed by atoms with Crippen molar-refractivity contribution in [1.82, 2.24) is 5.01 Å². The summed E-state index contributed by atoms with van der Waals surface area (Å²) in [5.41, 5.74) is 12.9. The van der Waals surface area contributed by atoms with E-state index in [-0.39, 0.29) is 5.91 Å². The smallest absolute Gasteiger partial charge is 0.275 e. The number of aryl methyl sites for hydroxylation is 1. The molecule has 8 heteroatoms. The summed E-state index contributed by atoms with van der Waals surface area (Å²) in [6.07, 6.45) is 3.20. The number of fused-ring (bicyclic) bond motifs is 6. The van der Waals surface area contributed by atoms with E-state index in [1.807, 2.05) is 85.7 Å². The molecule has 1 unspecified atom stereocenters. The summed E-state index contributed by atoms with van der Waals surface area (Å²) in [4.78, 5) is 23.1. The summed E-state index contributed by atoms with van der Waals surface area (Å²) in [6.45, 7) is 8.10. The van der Waals surface area contributed by atoms with Gasteiger partial charge in [-0.1, -0.05) is 24.3 Å². The quantitative estimate of drug-likeness (QED) is 0.196. The number of rotatable bonds is 7. The lowest BCUT2D eigenvalue weighted by Gasteiger charge is -2.42. The van der Waals surface area contributed by atoms with Crippen molar-refractivity contribution in [3.05, 3.63) is 107 Å². The van der Waals surface area contributed by atoms with Crippen molar-refractivity contribution >= 4 is 41.1 Å². The zero-order chi connectivity index (χ0) is 30.3. The van der Waals surface area contributed by atoms with Crippen molar-refractivity contribution in [2.75, 3.05) is 42.7 Å². The van der Waals surface area contributed by atoms with Crippen molar-refractivity contribution in [3.63, 3.8) is 0 Å². The molecule has 1 spiro atoms. The fourth-order valence-electron chi connectivity index (χ4n) is 6.21. The van der Waals surface area contributed by atoms with Crippen molar-refractivity contribution in [1.29, 1.82) is 0 Å². The number of nitrogens with two attached hydrogens (primary N) is 1. The van der Waals surface area contributed by atoms with Gasteiger partial charge in [-0.15, -0.1) is 0 Å². The molecule has 8 nitrogen and oxygen atoms in total. The van der Waals surface area contributed by atoms with Crippen LogP contribution in [0.3, 0.4) is 0 Å². The number of nitrogens with zero attached hydrogens (tertiary/aromatic N) is 5. The molecule has 218 valence electrons. The van der Waals surface area contributed by atoms with E-state index in [0.29, 0.717) is 22.7 Å². The predicted molar refractivity (Wildman–Crippen MR) is 176 cm³/mol. The zero-order valence-corrected chi connectivity index (χ0v) is 25.2. The Morgan fingerprint density at radius 2 is 1.60 bits per heavy atom. The molecule has 0 radical (unpaired) electrons. The van der Waals surface area contributed by atoms with Gasteiger partial charge in [0.15, 0.2) is 0 Å². The number of carbonyl (C=O) groups is 1. The Morgan fingerprint density at radius 3 is 2.33 bits per heavy atom. The molecule has 2 heterocycles. The van der Waals surface area contributed by atoms with Crippen LogP contribution in [0.2, 0.25) is 0 Å². The highest BCUT2D eigenvalue weighted by molar-refractivity contribution is 6.17. The number of carbonyl (C=O) groups excluding carboxylic acids is 1. The van der Waals surface area contributed by atoms with Crippen LogP contribution in [0.4, 0.5) is 22.7 Å². The van der Waals surface area contributed by atoms with Crippen molar-refractivity contribution in [3.8, 4) is 11.5 Å². The highest BCUT2D eigenvalue weighted by atomic mass is 16.5. The first-order chi connectivity index (χ1) is 20.8. The topological polar surface area (TPSA) is 86.8 Å². The number of nitrogen functional groups attached to an aromatic ring is 1. The molecule has 4 aromatic rings. The average Bonchev–Trinajstić information content (AvgIpc) is 3.25. The molecule has 2 aliphatic rings. The molecule has 1 amide bonds. The summed E-state index contributed by atoms with van der Waals surface area (Å²) in [5.74, 6) is 1.07. The van der Waals surface area contributed by atoms with E-state index >= 15 is 0 Å². The van der Waals surface area contributed by atoms with Crippen LogP contribution in [0.15, 0.2) is 89.0 Å². The minimum atomic E-state index is -1.06. The maximum absolute atomic E-state index is 14.2. The Morgan fingerprint density at radius 1 is 0.884 bits per heavy atom. The lowest BCUT2D eigenvalue weighted by molar-refractivity contribution is 0.0675. The second kappa shape index (κ2) is 10.9. The number of hydrogen-bond acceptors (Lipinski definition) is 7. The maximum Gasteiger partial charge on any atom is 0.275 e. The SMILES string of the molecule is CCN(CC)c1cc2c(cc1C)C1(c3ccc(N)cc3O2)c2ccccc2C(=O)N1/N=C/C=N/c1ccc(N(C)C)cc1. The molecular weight excluding hydrogens is 536 g/mol. The number of amides is 1. The van der Waals surface area contributed by atoms with Gasteiger partial charge in [0.25, 0.3) is 5.91 Å². The summed E-state index contributed by atoms with van der Waals surface area (Å²) >= 11 is 0. The van der Waals surface area contributed by atoms with E-state index in [2.05, 4.69) is 42.8 Å². The Balaban J connectivity index is 1.53. The summed E-state index contributed by atoms with van der Waals surface area (Å²) in [7, 11) is 4.00. The Bertz CT molecular complexity index is 1760. The molecule has 6 rings (SSSR count). The highest BCUT2D eigenvalue weighted by Crippen LogP contribution is 2.58. The van der Waals surface area contributed by atoms with Gasteiger partial charge in [-0.3, -0.25) is 9.79 Å². The molecule has 0 bridgehead atoms. The van der Waals surface area contributed by atoms with Crippen LogP contribution >= 0.6 is 0 Å². The summed E-state index contributed by atoms with van der Waals surface area (Å²) in [6, 6.07) is 25.5. The molecular formula is C35H36N6O2. The van der Waals surface area contributed by atoms with Gasteiger partial charge >= 0.3 is 0 Å². The first-order valence-corrected chi connectivity index (χ1v) is 14.6. The van der Waals surface area contributed by atoms with Gasteiger partial charge in [0, 0.05) is 84.8 Å². The fourth-order valence-corrected chi connectivity index (χ4v) is 6.21. The summed E-state index contributed by atoms with van der Waals surface area (Å²) < 4.78 is 6.56. The molecule has 1 atom stereocenters. The Labute approximate surface area is 252 Å². The van der Waals surface area contributed by atoms with Crippen LogP contribution in [0.25, 0.3) is 0 Å². The number of hydrogen-bond donors (Lipinski definition) is 1. The van der Waals surface area contributed by atoms with Gasteiger partial charge in [-0.25, -0.2) is 5.01 Å². The Hall–Kier alpha value is -5.11. The fraction of sp³-hybridized carbons (Fsp3) is 0.229. The average molecular weight is 573 g/mol. The van der Waals surface area contributed by atoms with E-state index in [4.69, 9.17) is 15.6 Å². The van der Waals surface area contributed by atoms with Crippen LogP contribution < -0.4 is 20.3 Å². The second-order valence-electron chi connectivity index (χ2n) is 11.0. The van der Waals surface area contributed by atoms with Gasteiger partial charge in [-0.05, 0) is 68.8 Å². The third-order valence-electron chi connectivity index (χ3n) is 8.30. The normalized spacial score (nSPS) is 16.9. The lowest BCUT2D eigenvalue weighted by atomic mass is 9.74. The van der Waals surface area contributed by atoms with Crippen LogP contribution in [0.5, 0.6) is 11.5 Å². The van der Waals surface area contributed by atoms with Crippen molar-refractivity contribution in [2.45, 2.75) is 26.3 Å². The van der Waals surface area contributed by atoms with E-state index in [1.165, 1.54) is 0 Å². The second-order valence-corrected chi connectivity index (χ2v) is 11.0. The molecule has 0 aliphatic carbocycles. The monoisotopic (exact) mass is 572 g/mol. The van der Waals surface area contributed by atoms with E-state index < -0.39 is 5.54 Å². The number of anilines is 3. The van der Waals surface area contributed by atoms with E-state index in [0.717, 1.165) is 52.4 Å². The van der Waals surface area contributed by atoms with Gasteiger partial charge in [0.2, 0.25) is 0 Å². The van der Waals surface area contributed by atoms with Crippen LogP contribution in [0.1, 0.15) is 46.5 Å². The zero-order valence-electron chi connectivity index (χ0n) is 25.2. The van der Waals surface area contributed by atoms with E-state index in [9.17, 15) is 4.79 Å². The highest BCUT2D eigenvalue weighted by Gasteiger charge is 2.57. The van der Waals surface area contributed by atoms with Crippen LogP contribution in [-0.2, 0) is 5.54 Å². The van der Waals surface area contributed by atoms with Gasteiger partial charge in [0.05, 0.1) is 11.9 Å². The third-order valence-corrected chi connectivity index (χ3v) is 8.30. The van der Waals surface area contributed by atoms with Gasteiger partial charge in [-0.2, -0.15) is 5.10 Å². The summed E-state index contributed by atoms with van der Waals surface area (Å²) in [5, 5.41) is 6.38. The van der Waals surface area contributed by atoms with E-state index in [1.54, 1.807) is 17.4 Å². The van der Waals surface area contributed by atoms with Crippen molar-refractivity contribution in [2.24, 2.45) is 10.1 Å². The first-order valence-electron chi connectivity index (χ1n) is 14.6. The molecule has 2 N–H and O–H groups in total. The predicted octanol–water partition coefficient (Wildman–Crippen LogP) is 6.73. The molecule has 2 aliphatic heterocycles. The number of hydrazone groups is 1. The molecule has 0 saturated carbocycles. The minimum absolute atomic E-state index is 0.198. The number of ether oxygens (including phenoxy) is 1. The lowest BCUT2D eigenvalue weighted by Crippen LogP contribution is -2.44. The minimum Gasteiger partial charge on any atom is -0.456 e. The van der Waals surface area contributed by atoms with Gasteiger partial charge < -0.3 is 20.3 Å².